The quantitative estimate of drug-likeness (QED) is 0.422. The molecule has 5 nitrogen and oxygen atoms in total. The fourth-order valence-electron chi connectivity index (χ4n) is 2.04. The minimum absolute atomic E-state index is 0.0429. The standard InChI is InChI=1S/C15H28N2O3/c1-5-9-16-11-13(18)17-10-8-12(15(2,3)4)6-7-14(19)20/h5,12,16H,1,6-11H2,2-4H3,(H,17,18)(H,19,20). The highest BCUT2D eigenvalue weighted by atomic mass is 16.4. The van der Waals surface area contributed by atoms with Crippen molar-refractivity contribution in [3.63, 3.8) is 0 Å². The molecule has 0 heterocycles. The Morgan fingerprint density at radius 1 is 1.30 bits per heavy atom. The summed E-state index contributed by atoms with van der Waals surface area (Å²) in [6, 6.07) is 0. The van der Waals surface area contributed by atoms with Gasteiger partial charge in [-0.25, -0.2) is 0 Å². The van der Waals surface area contributed by atoms with E-state index < -0.39 is 5.97 Å². The maximum atomic E-state index is 11.5. The summed E-state index contributed by atoms with van der Waals surface area (Å²) in [6.45, 7) is 11.3. The lowest BCUT2D eigenvalue weighted by Gasteiger charge is -2.30. The summed E-state index contributed by atoms with van der Waals surface area (Å²) in [6.07, 6.45) is 3.32. The minimum atomic E-state index is -0.767. The number of amides is 1. The topological polar surface area (TPSA) is 78.4 Å². The molecule has 0 saturated heterocycles. The Hall–Kier alpha value is -1.36. The normalized spacial score (nSPS) is 12.8. The van der Waals surface area contributed by atoms with Crippen molar-refractivity contribution >= 4 is 11.9 Å². The molecule has 0 aromatic rings. The third-order valence-electron chi connectivity index (χ3n) is 3.32. The molecule has 0 aliphatic carbocycles. The van der Waals surface area contributed by atoms with Gasteiger partial charge in [-0.1, -0.05) is 26.8 Å². The van der Waals surface area contributed by atoms with Crippen LogP contribution in [0.25, 0.3) is 0 Å². The van der Waals surface area contributed by atoms with E-state index in [0.717, 1.165) is 6.42 Å². The number of aliphatic carboxylic acids is 1. The number of carboxylic acid groups (broad SMARTS) is 1. The highest BCUT2D eigenvalue weighted by Crippen LogP contribution is 2.32. The first-order valence-electron chi connectivity index (χ1n) is 7.07. The minimum Gasteiger partial charge on any atom is -0.481 e. The molecule has 0 radical (unpaired) electrons. The summed E-state index contributed by atoms with van der Waals surface area (Å²) in [5.41, 5.74) is 0.0429. The second-order valence-corrected chi connectivity index (χ2v) is 6.05. The number of hydrogen-bond acceptors (Lipinski definition) is 3. The summed E-state index contributed by atoms with van der Waals surface area (Å²) >= 11 is 0. The zero-order valence-electron chi connectivity index (χ0n) is 12.9. The van der Waals surface area contributed by atoms with Gasteiger partial charge in [0.05, 0.1) is 6.54 Å². The second-order valence-electron chi connectivity index (χ2n) is 6.05. The second kappa shape index (κ2) is 9.53. The average Bonchev–Trinajstić information content (AvgIpc) is 2.31. The number of rotatable bonds is 10. The van der Waals surface area contributed by atoms with E-state index in [1.165, 1.54) is 0 Å². The molecule has 0 aromatic carbocycles. The summed E-state index contributed by atoms with van der Waals surface area (Å²) in [5, 5.41) is 14.6. The van der Waals surface area contributed by atoms with Gasteiger partial charge in [0, 0.05) is 19.5 Å². The first kappa shape index (κ1) is 18.6. The molecule has 20 heavy (non-hydrogen) atoms. The smallest absolute Gasteiger partial charge is 0.303 e. The Morgan fingerprint density at radius 2 is 1.95 bits per heavy atom. The molecule has 0 aromatic heterocycles. The largest absolute Gasteiger partial charge is 0.481 e. The molecule has 3 N–H and O–H groups in total. The van der Waals surface area contributed by atoms with Crippen LogP contribution in [0.3, 0.4) is 0 Å². The first-order chi connectivity index (χ1) is 9.27. The molecule has 0 saturated carbocycles. The van der Waals surface area contributed by atoms with E-state index in [1.807, 2.05) is 0 Å². The monoisotopic (exact) mass is 284 g/mol. The summed E-state index contributed by atoms with van der Waals surface area (Å²) in [5.74, 6) is -0.533. The molecule has 5 heteroatoms. The van der Waals surface area contributed by atoms with E-state index in [4.69, 9.17) is 5.11 Å². The van der Waals surface area contributed by atoms with Crippen molar-refractivity contribution in [2.75, 3.05) is 19.6 Å². The van der Waals surface area contributed by atoms with Crippen molar-refractivity contribution in [3.8, 4) is 0 Å². The number of carboxylic acids is 1. The van der Waals surface area contributed by atoms with Crippen LogP contribution in [0.4, 0.5) is 0 Å². The van der Waals surface area contributed by atoms with E-state index in [0.29, 0.717) is 19.5 Å². The summed E-state index contributed by atoms with van der Waals surface area (Å²) < 4.78 is 0. The van der Waals surface area contributed by atoms with Crippen LogP contribution < -0.4 is 10.6 Å². The fraction of sp³-hybridized carbons (Fsp3) is 0.733. The third kappa shape index (κ3) is 9.55. The Morgan fingerprint density at radius 3 is 2.45 bits per heavy atom. The zero-order chi connectivity index (χ0) is 15.6. The van der Waals surface area contributed by atoms with Crippen LogP contribution >= 0.6 is 0 Å². The molecule has 0 aliphatic rings. The predicted octanol–water partition coefficient (Wildman–Crippen LogP) is 1.80. The maximum absolute atomic E-state index is 11.5. The van der Waals surface area contributed by atoms with Crippen LogP contribution in [-0.4, -0.2) is 36.6 Å². The van der Waals surface area contributed by atoms with Crippen molar-refractivity contribution in [3.05, 3.63) is 12.7 Å². The van der Waals surface area contributed by atoms with Crippen LogP contribution in [0.2, 0.25) is 0 Å². The Balaban J connectivity index is 4.04. The molecule has 0 rings (SSSR count). The van der Waals surface area contributed by atoms with Gasteiger partial charge in [-0.3, -0.25) is 9.59 Å². The van der Waals surface area contributed by atoms with Crippen molar-refractivity contribution in [1.29, 1.82) is 0 Å². The number of nitrogens with one attached hydrogen (secondary N) is 2. The van der Waals surface area contributed by atoms with E-state index in [9.17, 15) is 9.59 Å². The van der Waals surface area contributed by atoms with Crippen molar-refractivity contribution < 1.29 is 14.7 Å². The van der Waals surface area contributed by atoms with Crippen LogP contribution in [-0.2, 0) is 9.59 Å². The van der Waals surface area contributed by atoms with E-state index in [-0.39, 0.29) is 30.2 Å². The average molecular weight is 284 g/mol. The highest BCUT2D eigenvalue weighted by molar-refractivity contribution is 5.77. The molecule has 1 unspecified atom stereocenters. The lowest BCUT2D eigenvalue weighted by atomic mass is 9.76. The van der Waals surface area contributed by atoms with E-state index in [1.54, 1.807) is 6.08 Å². The van der Waals surface area contributed by atoms with Gasteiger partial charge in [0.15, 0.2) is 0 Å². The van der Waals surface area contributed by atoms with Gasteiger partial charge in [-0.05, 0) is 24.2 Å². The molecular formula is C15H28N2O3. The van der Waals surface area contributed by atoms with E-state index >= 15 is 0 Å². The molecule has 116 valence electrons. The Kier molecular flexibility index (Phi) is 8.88. The molecule has 0 spiro atoms. The highest BCUT2D eigenvalue weighted by Gasteiger charge is 2.24. The summed E-state index contributed by atoms with van der Waals surface area (Å²) in [7, 11) is 0. The van der Waals surface area contributed by atoms with Crippen LogP contribution in [0.1, 0.15) is 40.0 Å². The lowest BCUT2D eigenvalue weighted by Crippen LogP contribution is -2.36. The molecule has 0 bridgehead atoms. The van der Waals surface area contributed by atoms with Gasteiger partial charge in [0.1, 0.15) is 0 Å². The van der Waals surface area contributed by atoms with E-state index in [2.05, 4.69) is 38.0 Å². The zero-order valence-corrected chi connectivity index (χ0v) is 12.9. The van der Waals surface area contributed by atoms with Gasteiger partial charge in [0.25, 0.3) is 0 Å². The SMILES string of the molecule is C=CCNCC(=O)NCCC(CCC(=O)O)C(C)(C)C. The van der Waals surface area contributed by atoms with Gasteiger partial charge in [-0.15, -0.1) is 6.58 Å². The van der Waals surface area contributed by atoms with Crippen LogP contribution in [0.5, 0.6) is 0 Å². The lowest BCUT2D eigenvalue weighted by molar-refractivity contribution is -0.137. The van der Waals surface area contributed by atoms with Gasteiger partial charge < -0.3 is 15.7 Å². The molecule has 1 amide bonds. The Bertz CT molecular complexity index is 322. The number of carbonyl (C=O) groups excluding carboxylic acids is 1. The molecular weight excluding hydrogens is 256 g/mol. The molecule has 1 atom stereocenters. The fourth-order valence-corrected chi connectivity index (χ4v) is 2.04. The van der Waals surface area contributed by atoms with Crippen LogP contribution in [0.15, 0.2) is 12.7 Å². The van der Waals surface area contributed by atoms with Crippen LogP contribution in [0, 0.1) is 11.3 Å². The number of hydrogen-bond donors (Lipinski definition) is 3. The molecule has 0 fully saturated rings. The molecule has 0 aliphatic heterocycles. The summed E-state index contributed by atoms with van der Waals surface area (Å²) in [4.78, 5) is 22.2. The first-order valence-corrected chi connectivity index (χ1v) is 7.07. The van der Waals surface area contributed by atoms with Gasteiger partial charge in [-0.2, -0.15) is 0 Å². The maximum Gasteiger partial charge on any atom is 0.303 e. The van der Waals surface area contributed by atoms with Crippen molar-refractivity contribution in [2.24, 2.45) is 11.3 Å². The Labute approximate surface area is 121 Å². The van der Waals surface area contributed by atoms with Crippen molar-refractivity contribution in [1.82, 2.24) is 10.6 Å². The number of carbonyl (C=O) groups is 2. The van der Waals surface area contributed by atoms with Gasteiger partial charge >= 0.3 is 5.97 Å². The predicted molar refractivity (Wildman–Crippen MR) is 80.5 cm³/mol. The third-order valence-corrected chi connectivity index (χ3v) is 3.32. The van der Waals surface area contributed by atoms with Gasteiger partial charge in [0.2, 0.25) is 5.91 Å². The van der Waals surface area contributed by atoms with Crippen molar-refractivity contribution in [2.45, 2.75) is 40.0 Å².